The highest BCUT2D eigenvalue weighted by atomic mass is 16.1. The zero-order chi connectivity index (χ0) is 16.2. The van der Waals surface area contributed by atoms with Crippen LogP contribution in [0.25, 0.3) is 0 Å². The third kappa shape index (κ3) is 3.77. The van der Waals surface area contributed by atoms with Crippen LogP contribution in [-0.4, -0.2) is 29.5 Å². The monoisotopic (exact) mass is 311 g/mol. The van der Waals surface area contributed by atoms with Gasteiger partial charge in [0, 0.05) is 25.5 Å². The van der Waals surface area contributed by atoms with Crippen LogP contribution in [0, 0.1) is 12.8 Å². The van der Waals surface area contributed by atoms with Crippen molar-refractivity contribution in [3.8, 4) is 0 Å². The Morgan fingerprint density at radius 1 is 1.30 bits per heavy atom. The van der Waals surface area contributed by atoms with Gasteiger partial charge in [0.2, 0.25) is 5.95 Å². The van der Waals surface area contributed by atoms with E-state index in [0.29, 0.717) is 17.3 Å². The summed E-state index contributed by atoms with van der Waals surface area (Å²) in [4.78, 5) is 20.8. The fraction of sp³-hybridized carbons (Fsp3) is 0.353. The number of hydrogen-bond donors (Lipinski definition) is 3. The summed E-state index contributed by atoms with van der Waals surface area (Å²) < 4.78 is 0. The topological polar surface area (TPSA) is 78.9 Å². The van der Waals surface area contributed by atoms with Gasteiger partial charge in [-0.05, 0) is 37.3 Å². The molecule has 1 aromatic heterocycles. The predicted octanol–water partition coefficient (Wildman–Crippen LogP) is 2.71. The molecule has 6 heteroatoms. The van der Waals surface area contributed by atoms with Crippen LogP contribution >= 0.6 is 0 Å². The fourth-order valence-electron chi connectivity index (χ4n) is 2.26. The molecule has 2 aromatic rings. The maximum absolute atomic E-state index is 12.0. The van der Waals surface area contributed by atoms with Crippen LogP contribution in [0.5, 0.6) is 0 Å². The van der Waals surface area contributed by atoms with Gasteiger partial charge < -0.3 is 16.0 Å². The maximum atomic E-state index is 12.0. The summed E-state index contributed by atoms with van der Waals surface area (Å²) in [6.45, 7) is 2.89. The van der Waals surface area contributed by atoms with Crippen molar-refractivity contribution in [2.24, 2.45) is 5.92 Å². The summed E-state index contributed by atoms with van der Waals surface area (Å²) in [5, 5.41) is 9.11. The van der Waals surface area contributed by atoms with E-state index >= 15 is 0 Å². The van der Waals surface area contributed by atoms with Gasteiger partial charge in [-0.1, -0.05) is 18.2 Å². The average molecular weight is 311 g/mol. The molecule has 1 aliphatic carbocycles. The maximum Gasteiger partial charge on any atom is 0.256 e. The van der Waals surface area contributed by atoms with Gasteiger partial charge >= 0.3 is 0 Å². The largest absolute Gasteiger partial charge is 0.355 e. The minimum atomic E-state index is -0.213. The van der Waals surface area contributed by atoms with Crippen LogP contribution in [-0.2, 0) is 0 Å². The zero-order valence-electron chi connectivity index (χ0n) is 13.4. The van der Waals surface area contributed by atoms with Gasteiger partial charge in [-0.3, -0.25) is 4.79 Å². The number of aromatic nitrogens is 2. The van der Waals surface area contributed by atoms with Crippen LogP contribution in [0.15, 0.2) is 30.5 Å². The summed E-state index contributed by atoms with van der Waals surface area (Å²) in [5.74, 6) is 1.56. The van der Waals surface area contributed by atoms with E-state index in [1.807, 2.05) is 31.2 Å². The van der Waals surface area contributed by atoms with Crippen molar-refractivity contribution < 1.29 is 4.79 Å². The van der Waals surface area contributed by atoms with Crippen LogP contribution in [0.1, 0.15) is 28.8 Å². The van der Waals surface area contributed by atoms with E-state index in [1.165, 1.54) is 12.8 Å². The first-order valence-corrected chi connectivity index (χ1v) is 7.83. The van der Waals surface area contributed by atoms with Crippen LogP contribution in [0.2, 0.25) is 0 Å². The molecule has 1 fully saturated rings. The van der Waals surface area contributed by atoms with Gasteiger partial charge in [0.05, 0.1) is 0 Å². The molecule has 0 unspecified atom stereocenters. The molecule has 1 amide bonds. The molecule has 0 radical (unpaired) electrons. The van der Waals surface area contributed by atoms with Gasteiger partial charge in [-0.25, -0.2) is 4.98 Å². The smallest absolute Gasteiger partial charge is 0.256 e. The minimum absolute atomic E-state index is 0.213. The Kier molecular flexibility index (Phi) is 4.41. The number of amides is 1. The number of nitrogens with one attached hydrogen (secondary N) is 3. The van der Waals surface area contributed by atoms with Crippen molar-refractivity contribution in [1.82, 2.24) is 15.3 Å². The second-order valence-corrected chi connectivity index (χ2v) is 5.80. The summed E-state index contributed by atoms with van der Waals surface area (Å²) in [7, 11) is 1.60. The molecular weight excluding hydrogens is 290 g/mol. The third-order valence-corrected chi connectivity index (χ3v) is 3.90. The van der Waals surface area contributed by atoms with Gasteiger partial charge in [0.1, 0.15) is 11.4 Å². The quantitative estimate of drug-likeness (QED) is 0.764. The van der Waals surface area contributed by atoms with Gasteiger partial charge in [-0.2, -0.15) is 4.98 Å². The Balaban J connectivity index is 1.87. The lowest BCUT2D eigenvalue weighted by atomic mass is 10.2. The summed E-state index contributed by atoms with van der Waals surface area (Å²) >= 11 is 0. The number of anilines is 3. The van der Waals surface area contributed by atoms with E-state index < -0.39 is 0 Å². The molecule has 3 N–H and O–H groups in total. The van der Waals surface area contributed by atoms with Crippen LogP contribution < -0.4 is 16.0 Å². The van der Waals surface area contributed by atoms with E-state index in [4.69, 9.17) is 0 Å². The molecule has 6 nitrogen and oxygen atoms in total. The molecule has 0 saturated heterocycles. The number of carbonyl (C=O) groups is 1. The summed E-state index contributed by atoms with van der Waals surface area (Å²) in [6, 6.07) is 7.89. The molecule has 1 saturated carbocycles. The molecule has 0 bridgehead atoms. The summed E-state index contributed by atoms with van der Waals surface area (Å²) in [6.07, 6.45) is 4.08. The van der Waals surface area contributed by atoms with Gasteiger partial charge in [-0.15, -0.1) is 0 Å². The van der Waals surface area contributed by atoms with Crippen molar-refractivity contribution in [2.75, 3.05) is 24.2 Å². The zero-order valence-corrected chi connectivity index (χ0v) is 13.4. The first kappa shape index (κ1) is 15.3. The Hall–Kier alpha value is -2.63. The van der Waals surface area contributed by atoms with Crippen molar-refractivity contribution in [1.29, 1.82) is 0 Å². The highest BCUT2D eigenvalue weighted by Crippen LogP contribution is 2.29. The number of aryl methyl sites for hydroxylation is 1. The van der Waals surface area contributed by atoms with Crippen molar-refractivity contribution in [3.63, 3.8) is 0 Å². The molecule has 1 heterocycles. The molecule has 120 valence electrons. The van der Waals surface area contributed by atoms with Crippen molar-refractivity contribution >= 4 is 23.4 Å². The first-order chi connectivity index (χ1) is 11.2. The normalized spacial score (nSPS) is 13.5. The highest BCUT2D eigenvalue weighted by molar-refractivity contribution is 5.99. The molecule has 3 rings (SSSR count). The predicted molar refractivity (Wildman–Crippen MR) is 91.1 cm³/mol. The lowest BCUT2D eigenvalue weighted by molar-refractivity contribution is 0.0963. The first-order valence-electron chi connectivity index (χ1n) is 7.83. The van der Waals surface area contributed by atoms with Crippen LogP contribution in [0.4, 0.5) is 17.5 Å². The number of benzene rings is 1. The highest BCUT2D eigenvalue weighted by Gasteiger charge is 2.21. The Morgan fingerprint density at radius 2 is 2.09 bits per heavy atom. The second kappa shape index (κ2) is 6.64. The number of nitrogens with zero attached hydrogens (tertiary/aromatic N) is 2. The van der Waals surface area contributed by atoms with E-state index in [1.54, 1.807) is 13.2 Å². The molecule has 0 spiro atoms. The van der Waals surface area contributed by atoms with Crippen LogP contribution in [0.3, 0.4) is 0 Å². The molecule has 0 atom stereocenters. The Morgan fingerprint density at radius 3 is 2.78 bits per heavy atom. The third-order valence-electron chi connectivity index (χ3n) is 3.90. The lowest BCUT2D eigenvalue weighted by Gasteiger charge is -2.13. The molecule has 0 aliphatic heterocycles. The van der Waals surface area contributed by atoms with Crippen molar-refractivity contribution in [3.05, 3.63) is 41.6 Å². The van der Waals surface area contributed by atoms with E-state index in [2.05, 4.69) is 25.9 Å². The summed E-state index contributed by atoms with van der Waals surface area (Å²) in [5.41, 5.74) is 2.43. The second-order valence-electron chi connectivity index (χ2n) is 5.80. The SMILES string of the molecule is CNC(=O)c1cnc(NCC2CC2)nc1Nc1ccccc1C. The Labute approximate surface area is 135 Å². The minimum Gasteiger partial charge on any atom is -0.355 e. The van der Waals surface area contributed by atoms with E-state index in [9.17, 15) is 4.79 Å². The van der Waals surface area contributed by atoms with Crippen molar-refractivity contribution in [2.45, 2.75) is 19.8 Å². The number of rotatable bonds is 6. The van der Waals surface area contributed by atoms with E-state index in [0.717, 1.165) is 23.7 Å². The van der Waals surface area contributed by atoms with E-state index in [-0.39, 0.29) is 5.91 Å². The molecule has 23 heavy (non-hydrogen) atoms. The lowest BCUT2D eigenvalue weighted by Crippen LogP contribution is -2.21. The average Bonchev–Trinajstić information content (AvgIpc) is 3.39. The number of carbonyl (C=O) groups excluding carboxylic acids is 1. The standard InChI is InChI=1S/C17H21N5O/c1-11-5-3-4-6-14(11)21-15-13(16(23)18-2)10-20-17(22-15)19-9-12-7-8-12/h3-6,10,12H,7-9H2,1-2H3,(H,18,23)(H2,19,20,21,22). The fourth-order valence-corrected chi connectivity index (χ4v) is 2.26. The van der Waals surface area contributed by atoms with Gasteiger partial charge in [0.25, 0.3) is 5.91 Å². The number of hydrogen-bond acceptors (Lipinski definition) is 5. The molecular formula is C17H21N5O. The number of para-hydroxylation sites is 1. The molecule has 1 aromatic carbocycles. The van der Waals surface area contributed by atoms with Gasteiger partial charge in [0.15, 0.2) is 0 Å². The molecule has 1 aliphatic rings. The Bertz CT molecular complexity index is 712.